The van der Waals surface area contributed by atoms with Crippen LogP contribution in [0.25, 0.3) is 10.4 Å². The third-order valence-corrected chi connectivity index (χ3v) is 2.94. The predicted molar refractivity (Wildman–Crippen MR) is 60.5 cm³/mol. The number of anilines is 1. The van der Waals surface area contributed by atoms with Crippen molar-refractivity contribution in [2.45, 2.75) is 0 Å². The standard InChI is InChI=1S/C10H9N3OS/c11-8-5-6(1-3-13-8)9-7(10(12)14)2-4-15-9/h1-5H,(H2,11,13)(H2,12,14). The van der Waals surface area contributed by atoms with Crippen LogP contribution in [0.1, 0.15) is 10.4 Å². The summed E-state index contributed by atoms with van der Waals surface area (Å²) in [4.78, 5) is 15.8. The number of nitrogen functional groups attached to an aromatic ring is 1. The summed E-state index contributed by atoms with van der Waals surface area (Å²) in [5, 5.41) is 1.83. The van der Waals surface area contributed by atoms with Crippen molar-refractivity contribution in [1.82, 2.24) is 4.98 Å². The van der Waals surface area contributed by atoms with Crippen molar-refractivity contribution in [3.63, 3.8) is 0 Å². The Kier molecular flexibility index (Phi) is 2.39. The van der Waals surface area contributed by atoms with E-state index in [0.29, 0.717) is 11.4 Å². The number of primary amides is 1. The number of carbonyl (C=O) groups excluding carboxylic acids is 1. The monoisotopic (exact) mass is 219 g/mol. The highest BCUT2D eigenvalue weighted by atomic mass is 32.1. The molecule has 0 aromatic carbocycles. The number of amides is 1. The minimum absolute atomic E-state index is 0.427. The van der Waals surface area contributed by atoms with Gasteiger partial charge < -0.3 is 11.5 Å². The van der Waals surface area contributed by atoms with Crippen molar-refractivity contribution in [2.75, 3.05) is 5.73 Å². The van der Waals surface area contributed by atoms with Gasteiger partial charge in [0.15, 0.2) is 0 Å². The first kappa shape index (κ1) is 9.67. The number of nitrogens with two attached hydrogens (primary N) is 2. The van der Waals surface area contributed by atoms with E-state index in [1.807, 2.05) is 5.38 Å². The zero-order valence-electron chi connectivity index (χ0n) is 7.81. The minimum atomic E-state index is -0.429. The van der Waals surface area contributed by atoms with E-state index in [2.05, 4.69) is 4.98 Å². The number of rotatable bonds is 2. The van der Waals surface area contributed by atoms with Crippen molar-refractivity contribution in [2.24, 2.45) is 5.73 Å². The SMILES string of the molecule is NC(=O)c1ccsc1-c1ccnc(N)c1. The van der Waals surface area contributed by atoms with Crippen molar-refractivity contribution >= 4 is 23.1 Å². The molecule has 0 aliphatic rings. The maximum absolute atomic E-state index is 11.1. The maximum Gasteiger partial charge on any atom is 0.250 e. The smallest absolute Gasteiger partial charge is 0.250 e. The molecule has 76 valence electrons. The highest BCUT2D eigenvalue weighted by Gasteiger charge is 2.11. The molecule has 2 aromatic heterocycles. The average Bonchev–Trinajstić information content (AvgIpc) is 2.65. The lowest BCUT2D eigenvalue weighted by Crippen LogP contribution is -2.10. The van der Waals surface area contributed by atoms with Crippen LogP contribution < -0.4 is 11.5 Å². The molecule has 0 aliphatic carbocycles. The number of thiophene rings is 1. The first-order valence-corrected chi connectivity index (χ1v) is 5.15. The summed E-state index contributed by atoms with van der Waals surface area (Å²) in [6.45, 7) is 0. The molecule has 2 rings (SSSR count). The summed E-state index contributed by atoms with van der Waals surface area (Å²) in [7, 11) is 0. The van der Waals surface area contributed by atoms with Crippen LogP contribution >= 0.6 is 11.3 Å². The molecule has 4 N–H and O–H groups in total. The number of aromatic nitrogens is 1. The highest BCUT2D eigenvalue weighted by Crippen LogP contribution is 2.29. The van der Waals surface area contributed by atoms with E-state index in [4.69, 9.17) is 11.5 Å². The molecule has 0 atom stereocenters. The van der Waals surface area contributed by atoms with Crippen LogP contribution in [0, 0.1) is 0 Å². The number of nitrogens with zero attached hydrogens (tertiary/aromatic N) is 1. The topological polar surface area (TPSA) is 82.0 Å². The lowest BCUT2D eigenvalue weighted by atomic mass is 10.1. The lowest BCUT2D eigenvalue weighted by Gasteiger charge is -2.01. The fraction of sp³-hybridized carbons (Fsp3) is 0. The molecule has 0 saturated carbocycles. The van der Waals surface area contributed by atoms with Crippen LogP contribution in [-0.4, -0.2) is 10.9 Å². The Labute approximate surface area is 90.6 Å². The molecular formula is C10H9N3OS. The van der Waals surface area contributed by atoms with Gasteiger partial charge in [0, 0.05) is 11.1 Å². The van der Waals surface area contributed by atoms with Crippen LogP contribution in [0.3, 0.4) is 0 Å². The van der Waals surface area contributed by atoms with Gasteiger partial charge in [-0.25, -0.2) is 4.98 Å². The van der Waals surface area contributed by atoms with Gasteiger partial charge in [0.2, 0.25) is 5.91 Å². The minimum Gasteiger partial charge on any atom is -0.384 e. The second-order valence-electron chi connectivity index (χ2n) is 3.00. The predicted octanol–water partition coefficient (Wildman–Crippen LogP) is 1.49. The quantitative estimate of drug-likeness (QED) is 0.802. The van der Waals surface area contributed by atoms with E-state index in [-0.39, 0.29) is 0 Å². The Balaban J connectivity index is 2.54. The molecule has 2 aromatic rings. The van der Waals surface area contributed by atoms with Crippen LogP contribution in [-0.2, 0) is 0 Å². The molecule has 0 radical (unpaired) electrons. The van der Waals surface area contributed by atoms with Gasteiger partial charge >= 0.3 is 0 Å². The van der Waals surface area contributed by atoms with Gasteiger partial charge in [-0.1, -0.05) is 0 Å². The third kappa shape index (κ3) is 1.82. The first-order valence-electron chi connectivity index (χ1n) is 4.27. The second-order valence-corrected chi connectivity index (χ2v) is 3.91. The fourth-order valence-electron chi connectivity index (χ4n) is 1.32. The molecule has 15 heavy (non-hydrogen) atoms. The summed E-state index contributed by atoms with van der Waals surface area (Å²) in [5.41, 5.74) is 12.2. The summed E-state index contributed by atoms with van der Waals surface area (Å²) < 4.78 is 0. The van der Waals surface area contributed by atoms with E-state index in [0.717, 1.165) is 10.4 Å². The Bertz CT molecular complexity index is 507. The Hall–Kier alpha value is -1.88. The Morgan fingerprint density at radius 1 is 1.40 bits per heavy atom. The van der Waals surface area contributed by atoms with Crippen molar-refractivity contribution in [1.29, 1.82) is 0 Å². The summed E-state index contributed by atoms with van der Waals surface area (Å²) >= 11 is 1.46. The Morgan fingerprint density at radius 3 is 2.87 bits per heavy atom. The van der Waals surface area contributed by atoms with Gasteiger partial charge in [0.25, 0.3) is 0 Å². The summed E-state index contributed by atoms with van der Waals surface area (Å²) in [6, 6.07) is 5.23. The van der Waals surface area contributed by atoms with E-state index < -0.39 is 5.91 Å². The normalized spacial score (nSPS) is 10.1. The maximum atomic E-state index is 11.1. The van der Waals surface area contributed by atoms with Gasteiger partial charge in [-0.15, -0.1) is 11.3 Å². The van der Waals surface area contributed by atoms with E-state index in [1.54, 1.807) is 24.4 Å². The van der Waals surface area contributed by atoms with Gasteiger partial charge in [-0.05, 0) is 29.1 Å². The van der Waals surface area contributed by atoms with Crippen LogP contribution in [0.4, 0.5) is 5.82 Å². The van der Waals surface area contributed by atoms with E-state index >= 15 is 0 Å². The number of carbonyl (C=O) groups is 1. The molecule has 0 fully saturated rings. The van der Waals surface area contributed by atoms with E-state index in [1.165, 1.54) is 11.3 Å². The van der Waals surface area contributed by atoms with Crippen LogP contribution in [0.5, 0.6) is 0 Å². The van der Waals surface area contributed by atoms with E-state index in [9.17, 15) is 4.79 Å². The second kappa shape index (κ2) is 3.70. The van der Waals surface area contributed by atoms with Crippen molar-refractivity contribution in [3.8, 4) is 10.4 Å². The zero-order valence-corrected chi connectivity index (χ0v) is 8.62. The molecule has 4 nitrogen and oxygen atoms in total. The molecule has 5 heteroatoms. The van der Waals surface area contributed by atoms with Gasteiger partial charge in [-0.3, -0.25) is 4.79 Å². The lowest BCUT2D eigenvalue weighted by molar-refractivity contribution is 0.100. The average molecular weight is 219 g/mol. The number of pyridine rings is 1. The first-order chi connectivity index (χ1) is 7.18. The zero-order chi connectivity index (χ0) is 10.8. The highest BCUT2D eigenvalue weighted by molar-refractivity contribution is 7.14. The van der Waals surface area contributed by atoms with Gasteiger partial charge in [-0.2, -0.15) is 0 Å². The van der Waals surface area contributed by atoms with Gasteiger partial charge in [0.1, 0.15) is 5.82 Å². The van der Waals surface area contributed by atoms with Crippen molar-refractivity contribution < 1.29 is 4.79 Å². The summed E-state index contributed by atoms with van der Waals surface area (Å²) in [5.74, 6) is -0.00189. The molecule has 2 heterocycles. The molecule has 1 amide bonds. The fourth-order valence-corrected chi connectivity index (χ4v) is 2.22. The third-order valence-electron chi connectivity index (χ3n) is 1.97. The number of hydrogen-bond acceptors (Lipinski definition) is 4. The molecule has 0 bridgehead atoms. The molecule has 0 spiro atoms. The van der Waals surface area contributed by atoms with Crippen LogP contribution in [0.2, 0.25) is 0 Å². The van der Waals surface area contributed by atoms with Crippen LogP contribution in [0.15, 0.2) is 29.8 Å². The Morgan fingerprint density at radius 2 is 2.20 bits per heavy atom. The number of hydrogen-bond donors (Lipinski definition) is 2. The molecule has 0 aliphatic heterocycles. The largest absolute Gasteiger partial charge is 0.384 e. The molecule has 0 saturated heterocycles. The summed E-state index contributed by atoms with van der Waals surface area (Å²) in [6.07, 6.45) is 1.61. The molecule has 0 unspecified atom stereocenters. The van der Waals surface area contributed by atoms with Crippen molar-refractivity contribution in [3.05, 3.63) is 35.3 Å². The molecular weight excluding hydrogens is 210 g/mol. The van der Waals surface area contributed by atoms with Gasteiger partial charge in [0.05, 0.1) is 5.56 Å².